The fourth-order valence-electron chi connectivity index (χ4n) is 0.378. The summed E-state index contributed by atoms with van der Waals surface area (Å²) >= 11 is 0. The first-order valence-electron chi connectivity index (χ1n) is 2.93. The van der Waals surface area contributed by atoms with Crippen LogP contribution < -0.4 is 0 Å². The second kappa shape index (κ2) is 11.2. The van der Waals surface area contributed by atoms with E-state index in [1.807, 2.05) is 0 Å². The summed E-state index contributed by atoms with van der Waals surface area (Å²) in [5.41, 5.74) is 0. The van der Waals surface area contributed by atoms with Crippen LogP contribution in [0.4, 0.5) is 0 Å². The van der Waals surface area contributed by atoms with Crippen LogP contribution in [0.1, 0.15) is 19.8 Å². The molecule has 0 N–H and O–H groups in total. The summed E-state index contributed by atoms with van der Waals surface area (Å²) in [5, 5.41) is 0. The molecule has 2 nitrogen and oxygen atoms in total. The number of carbonyl (C=O) groups is 1. The van der Waals surface area contributed by atoms with Crippen LogP contribution >= 0.6 is 0 Å². The molecule has 0 aliphatic carbocycles. The van der Waals surface area contributed by atoms with E-state index < -0.39 is 0 Å². The molecule has 0 aliphatic rings. The van der Waals surface area contributed by atoms with Gasteiger partial charge in [-0.1, -0.05) is 13.3 Å². The quantitative estimate of drug-likeness (QED) is 0.383. The smallest absolute Gasteiger partial charge is 0.145 e. The van der Waals surface area contributed by atoms with E-state index in [9.17, 15) is 4.79 Å². The molecule has 0 aromatic heterocycles. The van der Waals surface area contributed by atoms with Crippen LogP contribution in [0.3, 0.4) is 0 Å². The van der Waals surface area contributed by atoms with Crippen LogP contribution in [0.15, 0.2) is 0 Å². The number of hydrogen-bond donors (Lipinski definition) is 0. The first-order chi connectivity index (χ1) is 3.91. The van der Waals surface area contributed by atoms with Gasteiger partial charge in [0.1, 0.15) is 12.9 Å². The van der Waals surface area contributed by atoms with Crippen molar-refractivity contribution in [1.29, 1.82) is 0 Å². The van der Waals surface area contributed by atoms with Crippen molar-refractivity contribution >= 4 is 6.29 Å². The molecule has 0 spiro atoms. The molecule has 0 unspecified atom stereocenters. The van der Waals surface area contributed by atoms with Gasteiger partial charge in [-0.15, -0.1) is 0 Å². The number of carbonyl (C=O) groups excluding carboxylic acids is 1. The Balaban J connectivity index is 0. The van der Waals surface area contributed by atoms with Gasteiger partial charge in [0, 0.05) is 29.0 Å². The van der Waals surface area contributed by atoms with E-state index in [4.69, 9.17) is 4.74 Å². The van der Waals surface area contributed by atoms with Gasteiger partial charge >= 0.3 is 0 Å². The van der Waals surface area contributed by atoms with Gasteiger partial charge in [0.25, 0.3) is 0 Å². The molecule has 0 bridgehead atoms. The topological polar surface area (TPSA) is 26.3 Å². The number of unbranched alkanes of at least 4 members (excludes halogenated alkanes) is 1. The number of hydrogen-bond acceptors (Lipinski definition) is 2. The summed E-state index contributed by atoms with van der Waals surface area (Å²) in [4.78, 5) is 9.64. The van der Waals surface area contributed by atoms with Gasteiger partial charge in [-0.2, -0.15) is 0 Å². The minimum atomic E-state index is 0. The molecule has 0 atom stereocenters. The van der Waals surface area contributed by atoms with Crippen molar-refractivity contribution in [1.82, 2.24) is 0 Å². The monoisotopic (exact) mass is 209 g/mol. The molecule has 0 aromatic rings. The molecule has 0 rings (SSSR count). The molecule has 0 aromatic carbocycles. The van der Waals surface area contributed by atoms with Gasteiger partial charge in [-0.25, -0.2) is 0 Å². The fraction of sp³-hybridized carbons (Fsp3) is 0.833. The average molecular weight is 209 g/mol. The van der Waals surface area contributed by atoms with Gasteiger partial charge in [-0.3, -0.25) is 0 Å². The zero-order valence-electron chi connectivity index (χ0n) is 5.67. The summed E-state index contributed by atoms with van der Waals surface area (Å²) in [7, 11) is 0. The summed E-state index contributed by atoms with van der Waals surface area (Å²) < 4.78 is 4.86. The largest absolute Gasteiger partial charge is 0.374 e. The maximum Gasteiger partial charge on any atom is 0.145 e. The van der Waals surface area contributed by atoms with Crippen LogP contribution in [0.5, 0.6) is 0 Å². The van der Waals surface area contributed by atoms with E-state index in [1.54, 1.807) is 0 Å². The van der Waals surface area contributed by atoms with Crippen molar-refractivity contribution in [2.45, 2.75) is 19.8 Å². The van der Waals surface area contributed by atoms with E-state index in [0.717, 1.165) is 25.7 Å². The third-order valence-corrected chi connectivity index (χ3v) is 0.828. The van der Waals surface area contributed by atoms with Crippen molar-refractivity contribution < 1.29 is 31.9 Å². The normalized spacial score (nSPS) is 8.11. The van der Waals surface area contributed by atoms with Gasteiger partial charge < -0.3 is 9.53 Å². The second-order valence-corrected chi connectivity index (χ2v) is 1.60. The van der Waals surface area contributed by atoms with E-state index in [0.29, 0.717) is 0 Å². The zero-order chi connectivity index (χ0) is 6.24. The molecule has 3 heteroatoms. The van der Waals surface area contributed by atoms with Crippen molar-refractivity contribution in [3.63, 3.8) is 0 Å². The third kappa shape index (κ3) is 11.8. The fourth-order valence-corrected chi connectivity index (χ4v) is 0.378. The van der Waals surface area contributed by atoms with Crippen LogP contribution in [-0.4, -0.2) is 19.5 Å². The standard InChI is InChI=1S/C6H12O2.Nb/c1-2-3-5-8-6-4-7;/h4H,2-3,5-6H2,1H3;. The maximum atomic E-state index is 9.64. The molecule has 0 amide bonds. The molecule has 9 heavy (non-hydrogen) atoms. The van der Waals surface area contributed by atoms with Crippen LogP contribution in [0.2, 0.25) is 0 Å². The minimum absolute atomic E-state index is 0. The van der Waals surface area contributed by atoms with Gasteiger partial charge in [-0.05, 0) is 6.42 Å². The molecule has 0 heterocycles. The van der Waals surface area contributed by atoms with Crippen LogP contribution in [-0.2, 0) is 31.9 Å². The molecular formula is C6H12NbO2. The Hall–Kier alpha value is 0.370. The minimum Gasteiger partial charge on any atom is -0.374 e. The van der Waals surface area contributed by atoms with Crippen molar-refractivity contribution in [2.24, 2.45) is 0 Å². The molecule has 0 aliphatic heterocycles. The predicted octanol–water partition coefficient (Wildman–Crippen LogP) is 1.000. The summed E-state index contributed by atoms with van der Waals surface area (Å²) in [6.07, 6.45) is 2.95. The Morgan fingerprint density at radius 1 is 1.56 bits per heavy atom. The number of ether oxygens (including phenoxy) is 1. The van der Waals surface area contributed by atoms with Crippen molar-refractivity contribution in [2.75, 3.05) is 13.2 Å². The summed E-state index contributed by atoms with van der Waals surface area (Å²) in [6, 6.07) is 0. The molecule has 0 saturated heterocycles. The van der Waals surface area contributed by atoms with Crippen molar-refractivity contribution in [3.05, 3.63) is 0 Å². The molecule has 0 saturated carbocycles. The maximum absolute atomic E-state index is 9.64. The van der Waals surface area contributed by atoms with Crippen LogP contribution in [0.25, 0.3) is 0 Å². The molecule has 53 valence electrons. The number of aldehydes is 1. The Labute approximate surface area is 71.5 Å². The van der Waals surface area contributed by atoms with Gasteiger partial charge in [0.2, 0.25) is 0 Å². The Morgan fingerprint density at radius 3 is 2.67 bits per heavy atom. The Morgan fingerprint density at radius 2 is 2.22 bits per heavy atom. The zero-order valence-corrected chi connectivity index (χ0v) is 7.87. The predicted molar refractivity (Wildman–Crippen MR) is 31.8 cm³/mol. The van der Waals surface area contributed by atoms with Crippen LogP contribution in [0, 0.1) is 0 Å². The van der Waals surface area contributed by atoms with Gasteiger partial charge in [0.15, 0.2) is 0 Å². The SMILES string of the molecule is CCCCOCC=O.[Nb]. The van der Waals surface area contributed by atoms with E-state index >= 15 is 0 Å². The Kier molecular flexibility index (Phi) is 15.0. The first kappa shape index (κ1) is 12.1. The third-order valence-electron chi connectivity index (χ3n) is 0.828. The van der Waals surface area contributed by atoms with E-state index in [-0.39, 0.29) is 29.0 Å². The van der Waals surface area contributed by atoms with E-state index in [1.165, 1.54) is 0 Å². The summed E-state index contributed by atoms with van der Waals surface area (Å²) in [5.74, 6) is 0. The van der Waals surface area contributed by atoms with Gasteiger partial charge in [0.05, 0.1) is 0 Å². The molecular weight excluding hydrogens is 197 g/mol. The Bertz CT molecular complexity index is 57.0. The average Bonchev–Trinajstić information content (AvgIpc) is 1.81. The van der Waals surface area contributed by atoms with Crippen molar-refractivity contribution in [3.8, 4) is 0 Å². The van der Waals surface area contributed by atoms with E-state index in [2.05, 4.69) is 6.92 Å². The summed E-state index contributed by atoms with van der Waals surface area (Å²) in [6.45, 7) is 3.06. The number of rotatable bonds is 5. The first-order valence-corrected chi connectivity index (χ1v) is 2.93. The second-order valence-electron chi connectivity index (χ2n) is 1.60. The molecule has 1 radical (unpaired) electrons. The molecule has 0 fully saturated rings.